The molecule has 2 nitrogen and oxygen atoms in total. The largest absolute Gasteiger partial charge is 0.455 e. The summed E-state index contributed by atoms with van der Waals surface area (Å²) in [6, 6.07) is 81.4. The molecule has 0 radical (unpaired) electrons. The Bertz CT molecular complexity index is 5210. The molecular weight excluding hydrogens is 873 g/mol. The van der Waals surface area contributed by atoms with E-state index in [-0.39, 0.29) is 0 Å². The highest BCUT2D eigenvalue weighted by atomic mass is 16.3. The van der Waals surface area contributed by atoms with Crippen LogP contribution in [0.15, 0.2) is 227 Å². The highest BCUT2D eigenvalue weighted by molar-refractivity contribution is 6.32. The van der Waals surface area contributed by atoms with E-state index in [1.54, 1.807) is 0 Å². The van der Waals surface area contributed by atoms with Crippen molar-refractivity contribution in [3.05, 3.63) is 218 Å². The van der Waals surface area contributed by atoms with E-state index in [9.17, 15) is 0 Å². The molecule has 0 saturated heterocycles. The van der Waals surface area contributed by atoms with Crippen LogP contribution in [0.4, 0.5) is 0 Å². The molecule has 328 valence electrons. The van der Waals surface area contributed by atoms with E-state index in [2.05, 4.69) is 218 Å². The lowest BCUT2D eigenvalue weighted by Gasteiger charge is -2.19. The van der Waals surface area contributed by atoms with Crippen LogP contribution in [0.2, 0.25) is 0 Å². The van der Waals surface area contributed by atoms with Crippen molar-refractivity contribution in [2.75, 3.05) is 0 Å². The Kier molecular flexibility index (Phi) is 6.87. The molecule has 0 saturated carbocycles. The van der Waals surface area contributed by atoms with Crippen LogP contribution >= 0.6 is 0 Å². The molecule has 72 heavy (non-hydrogen) atoms. The average molecular weight is 909 g/mol. The van der Waals surface area contributed by atoms with Gasteiger partial charge in [0, 0.05) is 49.0 Å². The molecule has 16 aromatic rings. The lowest BCUT2D eigenvalue weighted by atomic mass is 9.83. The highest BCUT2D eigenvalue weighted by Crippen LogP contribution is 2.57. The van der Waals surface area contributed by atoms with Gasteiger partial charge in [-0.3, -0.25) is 0 Å². The van der Waals surface area contributed by atoms with Gasteiger partial charge in [-0.2, -0.15) is 0 Å². The third-order valence-electron chi connectivity index (χ3n) is 16.7. The monoisotopic (exact) mass is 908 g/mol. The number of furan rings is 2. The number of benzene rings is 14. The molecule has 2 aliphatic carbocycles. The first-order valence-electron chi connectivity index (χ1n) is 25.0. The molecule has 0 spiro atoms. The van der Waals surface area contributed by atoms with Crippen LogP contribution in [-0.4, -0.2) is 0 Å². The zero-order valence-electron chi connectivity index (χ0n) is 38.6. The second-order valence-corrected chi connectivity index (χ2v) is 20.1. The number of hydrogen-bond donors (Lipinski definition) is 0. The minimum Gasteiger partial charge on any atom is -0.455 e. The topological polar surface area (TPSA) is 26.3 Å². The van der Waals surface area contributed by atoms with Gasteiger partial charge in [-0.25, -0.2) is 0 Å². The van der Waals surface area contributed by atoms with Crippen molar-refractivity contribution in [2.24, 2.45) is 0 Å². The van der Waals surface area contributed by atoms with E-state index >= 15 is 0 Å². The number of hydrogen-bond acceptors (Lipinski definition) is 2. The summed E-state index contributed by atoms with van der Waals surface area (Å²) in [5, 5.41) is 21.5. The summed E-state index contributed by atoms with van der Waals surface area (Å²) in [6.07, 6.45) is 0. The summed E-state index contributed by atoms with van der Waals surface area (Å²) in [5.41, 5.74) is 18.4. The van der Waals surface area contributed by atoms with Gasteiger partial charge in [0.15, 0.2) is 0 Å². The van der Waals surface area contributed by atoms with Crippen LogP contribution in [0.1, 0.15) is 0 Å². The van der Waals surface area contributed by atoms with E-state index in [0.29, 0.717) is 0 Å². The number of fused-ring (bicyclic) bond motifs is 21. The zero-order chi connectivity index (χ0) is 46.5. The molecule has 0 atom stereocenters. The van der Waals surface area contributed by atoms with Crippen LogP contribution in [0, 0.1) is 0 Å². The van der Waals surface area contributed by atoms with Crippen molar-refractivity contribution in [3.8, 4) is 66.8 Å². The van der Waals surface area contributed by atoms with Crippen LogP contribution in [0.3, 0.4) is 0 Å². The van der Waals surface area contributed by atoms with Gasteiger partial charge in [-0.1, -0.05) is 182 Å². The molecule has 2 heterocycles. The third kappa shape index (κ3) is 4.61. The quantitative estimate of drug-likeness (QED) is 0.162. The Labute approximate surface area is 411 Å². The summed E-state index contributed by atoms with van der Waals surface area (Å²) in [5.74, 6) is 0. The summed E-state index contributed by atoms with van der Waals surface area (Å²) in [7, 11) is 0. The molecule has 2 heteroatoms. The molecule has 0 N–H and O–H groups in total. The van der Waals surface area contributed by atoms with Crippen LogP contribution in [-0.2, 0) is 0 Å². The van der Waals surface area contributed by atoms with E-state index < -0.39 is 0 Å². The highest BCUT2D eigenvalue weighted by Gasteiger charge is 2.30. The van der Waals surface area contributed by atoms with E-state index in [4.69, 9.17) is 8.83 Å². The lowest BCUT2D eigenvalue weighted by Crippen LogP contribution is -1.92. The molecule has 2 aliphatic rings. The molecule has 0 amide bonds. The predicted octanol–water partition coefficient (Wildman–Crippen LogP) is 20.2. The Morgan fingerprint density at radius 1 is 0.181 bits per heavy atom. The second kappa shape index (κ2) is 13.2. The molecule has 2 aromatic heterocycles. The van der Waals surface area contributed by atoms with Crippen molar-refractivity contribution in [2.45, 2.75) is 0 Å². The van der Waals surface area contributed by atoms with Gasteiger partial charge in [-0.05, 0) is 151 Å². The van der Waals surface area contributed by atoms with Gasteiger partial charge in [0.25, 0.3) is 0 Å². The van der Waals surface area contributed by atoms with Gasteiger partial charge < -0.3 is 8.83 Å². The van der Waals surface area contributed by atoms with E-state index in [0.717, 1.165) is 71.3 Å². The van der Waals surface area contributed by atoms with Gasteiger partial charge in [-0.15, -0.1) is 0 Å². The first-order chi connectivity index (χ1) is 35.7. The summed E-state index contributed by atoms with van der Waals surface area (Å²) in [6.45, 7) is 0. The van der Waals surface area contributed by atoms with Crippen LogP contribution < -0.4 is 0 Å². The van der Waals surface area contributed by atoms with Gasteiger partial charge in [0.2, 0.25) is 0 Å². The van der Waals surface area contributed by atoms with E-state index in [1.165, 1.54) is 115 Å². The van der Waals surface area contributed by atoms with E-state index in [1.807, 2.05) is 0 Å². The normalized spacial score (nSPS) is 12.7. The van der Waals surface area contributed by atoms with Crippen molar-refractivity contribution in [3.63, 3.8) is 0 Å². The average Bonchev–Trinajstić information content (AvgIpc) is 4.20. The van der Waals surface area contributed by atoms with Crippen molar-refractivity contribution < 1.29 is 8.83 Å². The maximum atomic E-state index is 7.21. The second-order valence-electron chi connectivity index (χ2n) is 20.1. The Morgan fingerprint density at radius 3 is 1.24 bits per heavy atom. The zero-order valence-corrected chi connectivity index (χ0v) is 38.6. The minimum absolute atomic E-state index is 0.906. The summed E-state index contributed by atoms with van der Waals surface area (Å²) < 4.78 is 14.4. The third-order valence-corrected chi connectivity index (χ3v) is 16.7. The van der Waals surface area contributed by atoms with Gasteiger partial charge >= 0.3 is 0 Å². The standard InChI is InChI=1S/C70H36O2/c1-3-17-41-37(11-1)27-29-51-48-22-9-24-50(69(48)71-67(41)51)60-34-55-43(56-33-57-44-19-5-13-39-14-6-20-45(63(39)44)58(57)35-61(56)60)31-32-47-59(55)36-62-46-21-7-15-40-16-8-25-53(64(40)46)66(62)65(47)54-26-10-23-49-52-30-28-38-12-2-4-18-42(38)68(52)72-70(49)54/h1-36H. The molecule has 0 aliphatic heterocycles. The van der Waals surface area contributed by atoms with Crippen LogP contribution in [0.25, 0.3) is 186 Å². The van der Waals surface area contributed by atoms with Gasteiger partial charge in [0.05, 0.1) is 0 Å². The van der Waals surface area contributed by atoms with Crippen molar-refractivity contribution in [1.29, 1.82) is 0 Å². The van der Waals surface area contributed by atoms with Crippen LogP contribution in [0.5, 0.6) is 0 Å². The molecule has 18 rings (SSSR count). The smallest absolute Gasteiger partial charge is 0.143 e. The summed E-state index contributed by atoms with van der Waals surface area (Å²) in [4.78, 5) is 0. The molecule has 0 fully saturated rings. The van der Waals surface area contributed by atoms with Gasteiger partial charge in [0.1, 0.15) is 22.3 Å². The first kappa shape index (κ1) is 37.4. The fraction of sp³-hybridized carbons (Fsp3) is 0. The molecule has 14 aromatic carbocycles. The van der Waals surface area contributed by atoms with Crippen molar-refractivity contribution >= 4 is 119 Å². The first-order valence-corrected chi connectivity index (χ1v) is 25.0. The number of para-hydroxylation sites is 2. The Balaban J connectivity index is 1.02. The predicted molar refractivity (Wildman–Crippen MR) is 303 cm³/mol. The molecular formula is C70H36O2. The fourth-order valence-electron chi connectivity index (χ4n) is 13.6. The summed E-state index contributed by atoms with van der Waals surface area (Å²) >= 11 is 0. The SMILES string of the molecule is c1cc2c3c(cccc3c1)-c1cc3c(cc1-2)c(-c1cccc2c1oc1c4ccccc4ccc21)cc1c2cc4c(c(-c5cccc6c5oc5c7ccccc7ccc65)c2ccc31)-c1cccc2cccc-4c12. The Hall–Kier alpha value is -9.50. The molecule has 0 bridgehead atoms. The number of rotatable bonds is 2. The molecule has 0 unspecified atom stereocenters. The minimum atomic E-state index is 0.906. The lowest BCUT2D eigenvalue weighted by molar-refractivity contribution is 0.673. The maximum Gasteiger partial charge on any atom is 0.143 e. The fourth-order valence-corrected chi connectivity index (χ4v) is 13.6. The Morgan fingerprint density at radius 2 is 0.583 bits per heavy atom. The maximum absolute atomic E-state index is 7.21. The van der Waals surface area contributed by atoms with Crippen molar-refractivity contribution in [1.82, 2.24) is 0 Å².